The van der Waals surface area contributed by atoms with Crippen LogP contribution < -0.4 is 10.1 Å². The molecule has 20 heavy (non-hydrogen) atoms. The SMILES string of the molecule is CCCC1(CNC2CCc3ccc(OC)cc3C2)CC1. The molecule has 0 amide bonds. The average molecular weight is 273 g/mol. The van der Waals surface area contributed by atoms with Gasteiger partial charge in [-0.1, -0.05) is 19.4 Å². The van der Waals surface area contributed by atoms with E-state index >= 15 is 0 Å². The normalized spacial score (nSPS) is 23.2. The molecule has 2 aliphatic carbocycles. The molecule has 2 aliphatic rings. The zero-order valence-corrected chi connectivity index (χ0v) is 12.9. The molecule has 2 heteroatoms. The van der Waals surface area contributed by atoms with E-state index in [1.165, 1.54) is 56.2 Å². The van der Waals surface area contributed by atoms with Crippen LogP contribution in [0.2, 0.25) is 0 Å². The number of fused-ring (bicyclic) bond motifs is 1. The van der Waals surface area contributed by atoms with Gasteiger partial charge in [-0.2, -0.15) is 0 Å². The van der Waals surface area contributed by atoms with Gasteiger partial charge in [0.05, 0.1) is 7.11 Å². The number of nitrogens with one attached hydrogen (secondary N) is 1. The van der Waals surface area contributed by atoms with Gasteiger partial charge in [0.15, 0.2) is 0 Å². The summed E-state index contributed by atoms with van der Waals surface area (Å²) in [5.74, 6) is 0.994. The minimum absolute atomic E-state index is 0.656. The molecule has 1 fully saturated rings. The van der Waals surface area contributed by atoms with Crippen LogP contribution in [0.4, 0.5) is 0 Å². The number of methoxy groups -OCH3 is 1. The van der Waals surface area contributed by atoms with Crippen molar-refractivity contribution in [2.45, 2.75) is 57.9 Å². The molecule has 0 aromatic heterocycles. The van der Waals surface area contributed by atoms with Gasteiger partial charge in [-0.05, 0) is 67.2 Å². The molecule has 0 bridgehead atoms. The fourth-order valence-corrected chi connectivity index (χ4v) is 3.62. The Morgan fingerprint density at radius 2 is 2.15 bits per heavy atom. The van der Waals surface area contributed by atoms with Gasteiger partial charge < -0.3 is 10.1 Å². The molecule has 1 aromatic carbocycles. The molecule has 1 N–H and O–H groups in total. The zero-order chi connectivity index (χ0) is 14.0. The highest BCUT2D eigenvalue weighted by atomic mass is 16.5. The van der Waals surface area contributed by atoms with Crippen molar-refractivity contribution in [3.8, 4) is 5.75 Å². The quantitative estimate of drug-likeness (QED) is 0.853. The second-order valence-electron chi connectivity index (χ2n) is 6.71. The second kappa shape index (κ2) is 5.77. The number of ether oxygens (including phenoxy) is 1. The number of hydrogen-bond acceptors (Lipinski definition) is 2. The minimum Gasteiger partial charge on any atom is -0.497 e. The van der Waals surface area contributed by atoms with Crippen molar-refractivity contribution in [3.05, 3.63) is 29.3 Å². The van der Waals surface area contributed by atoms with E-state index in [4.69, 9.17) is 4.74 Å². The molecule has 0 aliphatic heterocycles. The Labute approximate surface area is 122 Å². The summed E-state index contributed by atoms with van der Waals surface area (Å²) in [6, 6.07) is 7.21. The second-order valence-corrected chi connectivity index (χ2v) is 6.71. The van der Waals surface area contributed by atoms with Gasteiger partial charge in [0.2, 0.25) is 0 Å². The van der Waals surface area contributed by atoms with E-state index in [0.717, 1.165) is 12.2 Å². The molecule has 3 rings (SSSR count). The third-order valence-electron chi connectivity index (χ3n) is 5.15. The Morgan fingerprint density at radius 1 is 1.30 bits per heavy atom. The van der Waals surface area contributed by atoms with Gasteiger partial charge in [0.1, 0.15) is 5.75 Å². The van der Waals surface area contributed by atoms with Crippen LogP contribution in [0.1, 0.15) is 50.2 Å². The minimum atomic E-state index is 0.656. The molecule has 0 saturated heterocycles. The first-order valence-corrected chi connectivity index (χ1v) is 8.14. The lowest BCUT2D eigenvalue weighted by atomic mass is 9.87. The van der Waals surface area contributed by atoms with Gasteiger partial charge in [-0.25, -0.2) is 0 Å². The predicted octanol–water partition coefficient (Wildman–Crippen LogP) is 3.72. The molecule has 1 unspecified atom stereocenters. The van der Waals surface area contributed by atoms with Crippen molar-refractivity contribution < 1.29 is 4.74 Å². The van der Waals surface area contributed by atoms with Crippen LogP contribution in [0.3, 0.4) is 0 Å². The summed E-state index contributed by atoms with van der Waals surface area (Å²) < 4.78 is 5.35. The Balaban J connectivity index is 1.58. The van der Waals surface area contributed by atoms with Crippen LogP contribution in [-0.4, -0.2) is 19.7 Å². The molecule has 1 atom stereocenters. The third kappa shape index (κ3) is 3.01. The van der Waals surface area contributed by atoms with Crippen molar-refractivity contribution >= 4 is 0 Å². The summed E-state index contributed by atoms with van der Waals surface area (Å²) in [6.45, 7) is 3.54. The summed E-state index contributed by atoms with van der Waals surface area (Å²) in [5, 5.41) is 3.85. The van der Waals surface area contributed by atoms with Crippen LogP contribution in [0, 0.1) is 5.41 Å². The first kappa shape index (κ1) is 13.9. The van der Waals surface area contributed by atoms with Crippen molar-refractivity contribution in [2.24, 2.45) is 5.41 Å². The number of hydrogen-bond donors (Lipinski definition) is 1. The molecule has 1 aromatic rings. The first-order chi connectivity index (χ1) is 9.74. The van der Waals surface area contributed by atoms with E-state index in [0.29, 0.717) is 11.5 Å². The summed E-state index contributed by atoms with van der Waals surface area (Å²) in [4.78, 5) is 0. The van der Waals surface area contributed by atoms with Gasteiger partial charge in [0.25, 0.3) is 0 Å². The highest BCUT2D eigenvalue weighted by Gasteiger charge is 2.41. The maximum Gasteiger partial charge on any atom is 0.119 e. The van der Waals surface area contributed by atoms with Crippen LogP contribution >= 0.6 is 0 Å². The van der Waals surface area contributed by atoms with Gasteiger partial charge in [0, 0.05) is 12.6 Å². The van der Waals surface area contributed by atoms with Crippen LogP contribution in [0.15, 0.2) is 18.2 Å². The summed E-state index contributed by atoms with van der Waals surface area (Å²) in [6.07, 6.45) is 9.24. The van der Waals surface area contributed by atoms with E-state index in [9.17, 15) is 0 Å². The van der Waals surface area contributed by atoms with E-state index in [2.05, 4.69) is 30.4 Å². The molecule has 110 valence electrons. The van der Waals surface area contributed by atoms with Gasteiger partial charge in [-0.3, -0.25) is 0 Å². The predicted molar refractivity (Wildman–Crippen MR) is 83.4 cm³/mol. The standard InChI is InChI=1S/C18H27NO/c1-3-8-18(9-10-18)13-19-16-6-4-14-5-7-17(20-2)12-15(14)11-16/h5,7,12,16,19H,3-4,6,8-11,13H2,1-2H3. The lowest BCUT2D eigenvalue weighted by molar-refractivity contribution is 0.365. The largest absolute Gasteiger partial charge is 0.497 e. The Bertz CT molecular complexity index is 464. The van der Waals surface area contributed by atoms with Crippen molar-refractivity contribution in [3.63, 3.8) is 0 Å². The van der Waals surface area contributed by atoms with E-state index in [-0.39, 0.29) is 0 Å². The van der Waals surface area contributed by atoms with E-state index in [1.54, 1.807) is 7.11 Å². The summed E-state index contributed by atoms with van der Waals surface area (Å²) in [5.41, 5.74) is 3.65. The molecule has 0 radical (unpaired) electrons. The van der Waals surface area contributed by atoms with Gasteiger partial charge in [-0.15, -0.1) is 0 Å². The molecular weight excluding hydrogens is 246 g/mol. The number of rotatable bonds is 6. The smallest absolute Gasteiger partial charge is 0.119 e. The van der Waals surface area contributed by atoms with E-state index < -0.39 is 0 Å². The zero-order valence-electron chi connectivity index (χ0n) is 12.9. The van der Waals surface area contributed by atoms with Crippen molar-refractivity contribution in [2.75, 3.05) is 13.7 Å². The topological polar surface area (TPSA) is 21.3 Å². The Hall–Kier alpha value is -1.02. The van der Waals surface area contributed by atoms with Gasteiger partial charge >= 0.3 is 0 Å². The maximum atomic E-state index is 5.35. The van der Waals surface area contributed by atoms with E-state index in [1.807, 2.05) is 0 Å². The highest BCUT2D eigenvalue weighted by molar-refractivity contribution is 5.37. The third-order valence-corrected chi connectivity index (χ3v) is 5.15. The molecule has 0 heterocycles. The highest BCUT2D eigenvalue weighted by Crippen LogP contribution is 2.49. The van der Waals surface area contributed by atoms with Crippen LogP contribution in [-0.2, 0) is 12.8 Å². The Morgan fingerprint density at radius 3 is 2.85 bits per heavy atom. The number of aryl methyl sites for hydroxylation is 1. The molecular formula is C18H27NO. The van der Waals surface area contributed by atoms with Crippen LogP contribution in [0.25, 0.3) is 0 Å². The fourth-order valence-electron chi connectivity index (χ4n) is 3.62. The monoisotopic (exact) mass is 273 g/mol. The van der Waals surface area contributed by atoms with Crippen molar-refractivity contribution in [1.82, 2.24) is 5.32 Å². The molecule has 2 nitrogen and oxygen atoms in total. The average Bonchev–Trinajstić information content (AvgIpc) is 3.25. The molecule has 1 saturated carbocycles. The Kier molecular flexibility index (Phi) is 4.02. The lowest BCUT2D eigenvalue weighted by Gasteiger charge is -2.28. The van der Waals surface area contributed by atoms with Crippen molar-refractivity contribution in [1.29, 1.82) is 0 Å². The van der Waals surface area contributed by atoms with Crippen LogP contribution in [0.5, 0.6) is 5.75 Å². The fraction of sp³-hybridized carbons (Fsp3) is 0.667. The first-order valence-electron chi connectivity index (χ1n) is 8.14. The maximum absolute atomic E-state index is 5.35. The summed E-state index contributed by atoms with van der Waals surface area (Å²) in [7, 11) is 1.75. The molecule has 0 spiro atoms. The lowest BCUT2D eigenvalue weighted by Crippen LogP contribution is -2.38. The number of benzene rings is 1. The summed E-state index contributed by atoms with van der Waals surface area (Å²) >= 11 is 0.